The lowest BCUT2D eigenvalue weighted by atomic mass is 9.90. The lowest BCUT2D eigenvalue weighted by Crippen LogP contribution is -2.07. The molecule has 2 nitrogen and oxygen atoms in total. The highest BCUT2D eigenvalue weighted by atomic mass is 16.5. The average Bonchev–Trinajstić information content (AvgIpc) is 2.40. The largest absolute Gasteiger partial charge is 0.496 e. The van der Waals surface area contributed by atoms with E-state index in [9.17, 15) is 5.11 Å². The number of aliphatic hydroxyl groups excluding tert-OH is 1. The number of ether oxygens (including phenoxy) is 1. The fraction of sp³-hybridized carbons (Fsp3) is 0.333. The highest BCUT2D eigenvalue weighted by Crippen LogP contribution is 2.32. The summed E-state index contributed by atoms with van der Waals surface area (Å²) in [5, 5.41) is 10.8. The molecule has 0 saturated carbocycles. The Morgan fingerprint density at radius 1 is 0.900 bits per heavy atom. The maximum Gasteiger partial charge on any atom is 0.122 e. The lowest BCUT2D eigenvalue weighted by molar-refractivity contribution is 0.218. The number of aliphatic hydroxyl groups is 1. The minimum Gasteiger partial charge on any atom is -0.496 e. The van der Waals surface area contributed by atoms with Crippen molar-refractivity contribution < 1.29 is 9.84 Å². The van der Waals surface area contributed by atoms with E-state index in [0.29, 0.717) is 0 Å². The Morgan fingerprint density at radius 3 is 2.05 bits per heavy atom. The van der Waals surface area contributed by atoms with Gasteiger partial charge in [-0.15, -0.1) is 0 Å². The van der Waals surface area contributed by atoms with Gasteiger partial charge in [0.2, 0.25) is 0 Å². The van der Waals surface area contributed by atoms with E-state index < -0.39 is 6.10 Å². The lowest BCUT2D eigenvalue weighted by Gasteiger charge is -2.20. The van der Waals surface area contributed by atoms with Crippen molar-refractivity contribution in [3.8, 4) is 5.75 Å². The zero-order chi connectivity index (χ0) is 14.9. The molecule has 2 rings (SSSR count). The second-order valence-electron chi connectivity index (χ2n) is 5.39. The molecule has 2 aromatic carbocycles. The van der Waals surface area contributed by atoms with Crippen LogP contribution in [0.25, 0.3) is 0 Å². The molecule has 1 atom stereocenters. The summed E-state index contributed by atoms with van der Waals surface area (Å²) in [7, 11) is 1.67. The summed E-state index contributed by atoms with van der Waals surface area (Å²) in [4.78, 5) is 0. The minimum absolute atomic E-state index is 0.596. The molecule has 0 saturated heterocycles. The van der Waals surface area contributed by atoms with Crippen LogP contribution < -0.4 is 4.74 Å². The van der Waals surface area contributed by atoms with Gasteiger partial charge in [-0.3, -0.25) is 0 Å². The van der Waals surface area contributed by atoms with Crippen LogP contribution >= 0.6 is 0 Å². The smallest absolute Gasteiger partial charge is 0.122 e. The van der Waals surface area contributed by atoms with E-state index in [2.05, 4.69) is 0 Å². The van der Waals surface area contributed by atoms with Gasteiger partial charge < -0.3 is 9.84 Å². The van der Waals surface area contributed by atoms with Gasteiger partial charge in [0.25, 0.3) is 0 Å². The molecular weight excluding hydrogens is 248 g/mol. The van der Waals surface area contributed by atoms with Crippen molar-refractivity contribution in [2.45, 2.75) is 33.8 Å². The number of hydrogen-bond donors (Lipinski definition) is 1. The normalized spacial score (nSPS) is 12.3. The molecule has 0 aliphatic rings. The van der Waals surface area contributed by atoms with Crippen LogP contribution in [0.2, 0.25) is 0 Å². The topological polar surface area (TPSA) is 29.5 Å². The second-order valence-corrected chi connectivity index (χ2v) is 5.39. The van der Waals surface area contributed by atoms with Gasteiger partial charge in [-0.2, -0.15) is 0 Å². The second kappa shape index (κ2) is 5.68. The van der Waals surface area contributed by atoms with Crippen molar-refractivity contribution in [2.75, 3.05) is 7.11 Å². The summed E-state index contributed by atoms with van der Waals surface area (Å²) in [6, 6.07) is 10.1. The Morgan fingerprint density at radius 2 is 1.50 bits per heavy atom. The van der Waals surface area contributed by atoms with E-state index >= 15 is 0 Å². The Labute approximate surface area is 121 Å². The molecule has 0 heterocycles. The predicted molar refractivity (Wildman–Crippen MR) is 82.4 cm³/mol. The summed E-state index contributed by atoms with van der Waals surface area (Å²) < 4.78 is 5.33. The van der Waals surface area contributed by atoms with Crippen LogP contribution in [0.5, 0.6) is 5.75 Å². The van der Waals surface area contributed by atoms with E-state index in [4.69, 9.17) is 4.74 Å². The number of methoxy groups -OCH3 is 1. The van der Waals surface area contributed by atoms with Crippen LogP contribution in [0.4, 0.5) is 0 Å². The van der Waals surface area contributed by atoms with Crippen LogP contribution in [0, 0.1) is 27.7 Å². The van der Waals surface area contributed by atoms with Crippen molar-refractivity contribution in [3.63, 3.8) is 0 Å². The van der Waals surface area contributed by atoms with Crippen molar-refractivity contribution in [1.82, 2.24) is 0 Å². The Bertz CT molecular complexity index is 609. The van der Waals surface area contributed by atoms with Gasteiger partial charge in [0.15, 0.2) is 0 Å². The molecule has 0 aromatic heterocycles. The molecule has 1 N–H and O–H groups in total. The van der Waals surface area contributed by atoms with Gasteiger partial charge in [-0.05, 0) is 73.2 Å². The zero-order valence-electron chi connectivity index (χ0n) is 12.8. The van der Waals surface area contributed by atoms with Crippen LogP contribution in [0.1, 0.15) is 39.5 Å². The fourth-order valence-corrected chi connectivity index (χ4v) is 2.74. The van der Waals surface area contributed by atoms with Gasteiger partial charge >= 0.3 is 0 Å². The highest BCUT2D eigenvalue weighted by molar-refractivity contribution is 5.47. The molecule has 0 radical (unpaired) electrons. The Kier molecular flexibility index (Phi) is 4.15. The fourth-order valence-electron chi connectivity index (χ4n) is 2.74. The standard InChI is InChI=1S/C18H22O2/c1-11-7-6-8-12(2)17(11)18(19)15-9-14(4)16(20-5)10-13(15)3/h6-10,18-19H,1-5H3. The molecule has 2 aromatic rings. The van der Waals surface area contributed by atoms with Crippen molar-refractivity contribution in [3.05, 3.63) is 63.7 Å². The zero-order valence-corrected chi connectivity index (χ0v) is 12.8. The van der Waals surface area contributed by atoms with Gasteiger partial charge in [0, 0.05) is 0 Å². The van der Waals surface area contributed by atoms with Gasteiger partial charge in [0.05, 0.1) is 7.11 Å². The quantitative estimate of drug-likeness (QED) is 0.913. The van der Waals surface area contributed by atoms with Crippen molar-refractivity contribution >= 4 is 0 Å². The van der Waals surface area contributed by atoms with E-state index in [1.807, 2.05) is 58.0 Å². The molecule has 0 aliphatic heterocycles. The molecule has 106 valence electrons. The number of rotatable bonds is 3. The first-order valence-corrected chi connectivity index (χ1v) is 6.85. The van der Waals surface area contributed by atoms with E-state index in [1.165, 1.54) is 0 Å². The molecule has 0 fully saturated rings. The van der Waals surface area contributed by atoms with Crippen molar-refractivity contribution in [1.29, 1.82) is 0 Å². The molecular formula is C18H22O2. The maximum absolute atomic E-state index is 10.8. The summed E-state index contributed by atoms with van der Waals surface area (Å²) in [6.45, 7) is 8.09. The monoisotopic (exact) mass is 270 g/mol. The van der Waals surface area contributed by atoms with E-state index in [-0.39, 0.29) is 0 Å². The highest BCUT2D eigenvalue weighted by Gasteiger charge is 2.18. The van der Waals surface area contributed by atoms with Crippen LogP contribution in [-0.2, 0) is 0 Å². The Hall–Kier alpha value is -1.80. The third-order valence-corrected chi connectivity index (χ3v) is 3.89. The van der Waals surface area contributed by atoms with Crippen LogP contribution in [0.15, 0.2) is 30.3 Å². The third kappa shape index (κ3) is 2.56. The number of aryl methyl sites for hydroxylation is 4. The van der Waals surface area contributed by atoms with Gasteiger partial charge in [-0.1, -0.05) is 18.2 Å². The summed E-state index contributed by atoms with van der Waals surface area (Å²) in [5.74, 6) is 0.861. The maximum atomic E-state index is 10.8. The minimum atomic E-state index is -0.596. The summed E-state index contributed by atoms with van der Waals surface area (Å²) in [5.41, 5.74) is 6.26. The third-order valence-electron chi connectivity index (χ3n) is 3.89. The van der Waals surface area contributed by atoms with E-state index in [0.717, 1.165) is 39.1 Å². The van der Waals surface area contributed by atoms with E-state index in [1.54, 1.807) is 7.11 Å². The van der Waals surface area contributed by atoms with Gasteiger partial charge in [0.1, 0.15) is 11.9 Å². The molecule has 0 bridgehead atoms. The first-order valence-electron chi connectivity index (χ1n) is 6.85. The molecule has 0 spiro atoms. The van der Waals surface area contributed by atoms with Gasteiger partial charge in [-0.25, -0.2) is 0 Å². The summed E-state index contributed by atoms with van der Waals surface area (Å²) >= 11 is 0. The van der Waals surface area contributed by atoms with Crippen LogP contribution in [0.3, 0.4) is 0 Å². The number of benzene rings is 2. The SMILES string of the molecule is COc1cc(C)c(C(O)c2c(C)cccc2C)cc1C. The molecule has 1 unspecified atom stereocenters. The van der Waals surface area contributed by atoms with Crippen LogP contribution in [-0.4, -0.2) is 12.2 Å². The molecule has 2 heteroatoms. The molecule has 0 amide bonds. The molecule has 20 heavy (non-hydrogen) atoms. The average molecular weight is 270 g/mol. The summed E-state index contributed by atoms with van der Waals surface area (Å²) in [6.07, 6.45) is -0.596. The molecule has 0 aliphatic carbocycles. The predicted octanol–water partition coefficient (Wildman–Crippen LogP) is 4.01. The first kappa shape index (κ1) is 14.6. The first-order chi connectivity index (χ1) is 9.45. The van der Waals surface area contributed by atoms with Crippen molar-refractivity contribution in [2.24, 2.45) is 0 Å². The number of hydrogen-bond acceptors (Lipinski definition) is 2. The Balaban J connectivity index is 2.54.